The number of halogens is 1. The van der Waals surface area contributed by atoms with Crippen molar-refractivity contribution in [2.75, 3.05) is 12.6 Å². The van der Waals surface area contributed by atoms with Crippen LogP contribution in [0.3, 0.4) is 0 Å². The molecule has 0 saturated carbocycles. The Morgan fingerprint density at radius 3 is 2.47 bits per heavy atom. The van der Waals surface area contributed by atoms with E-state index in [1.807, 2.05) is 30.3 Å². The molecule has 88 valence electrons. The summed E-state index contributed by atoms with van der Waals surface area (Å²) in [6, 6.07) is 14.8. The van der Waals surface area contributed by atoms with Gasteiger partial charge >= 0.3 is 0 Å². The molecule has 0 bridgehead atoms. The average Bonchev–Trinajstić information content (AvgIpc) is 2.38. The highest BCUT2D eigenvalue weighted by Gasteiger charge is 2.05. The van der Waals surface area contributed by atoms with E-state index in [2.05, 4.69) is 5.48 Å². The lowest BCUT2D eigenvalue weighted by atomic mass is 10.3. The first kappa shape index (κ1) is 11.6. The zero-order valence-electron chi connectivity index (χ0n) is 9.31. The number of ether oxygens (including phenoxy) is 1. The van der Waals surface area contributed by atoms with Crippen LogP contribution in [0.25, 0.3) is 0 Å². The van der Waals surface area contributed by atoms with Crippen LogP contribution in [0, 0.1) is 0 Å². The average molecular weight is 250 g/mol. The lowest BCUT2D eigenvalue weighted by molar-refractivity contribution is 0.351. The fraction of sp³-hybridized carbons (Fsp3) is 0.0769. The maximum absolute atomic E-state index is 5.89. The number of para-hydroxylation sites is 1. The van der Waals surface area contributed by atoms with Gasteiger partial charge < -0.3 is 9.57 Å². The molecule has 3 nitrogen and oxygen atoms in total. The minimum Gasteiger partial charge on any atom is -0.493 e. The molecule has 0 aliphatic carbocycles. The van der Waals surface area contributed by atoms with Crippen molar-refractivity contribution in [3.63, 3.8) is 0 Å². The van der Waals surface area contributed by atoms with Crippen LogP contribution in [-0.4, -0.2) is 7.11 Å². The standard InChI is InChI=1S/C13H12ClNO2/c1-16-12-8-7-10(14)9-13(12)17-15-11-5-3-2-4-6-11/h2-9,15H,1H3. The van der Waals surface area contributed by atoms with Gasteiger partial charge in [-0.05, 0) is 24.3 Å². The van der Waals surface area contributed by atoms with Gasteiger partial charge in [-0.3, -0.25) is 0 Å². The molecule has 0 aliphatic rings. The highest BCUT2D eigenvalue weighted by Crippen LogP contribution is 2.30. The van der Waals surface area contributed by atoms with Crippen molar-refractivity contribution in [2.24, 2.45) is 0 Å². The number of nitrogens with one attached hydrogen (secondary N) is 1. The van der Waals surface area contributed by atoms with E-state index < -0.39 is 0 Å². The van der Waals surface area contributed by atoms with Crippen molar-refractivity contribution in [3.8, 4) is 11.5 Å². The van der Waals surface area contributed by atoms with Gasteiger partial charge in [0.05, 0.1) is 12.8 Å². The molecular formula is C13H12ClNO2. The summed E-state index contributed by atoms with van der Waals surface area (Å²) in [7, 11) is 1.58. The monoisotopic (exact) mass is 249 g/mol. The van der Waals surface area contributed by atoms with Gasteiger partial charge in [-0.2, -0.15) is 0 Å². The molecule has 0 fully saturated rings. The van der Waals surface area contributed by atoms with Crippen molar-refractivity contribution in [3.05, 3.63) is 53.6 Å². The van der Waals surface area contributed by atoms with Gasteiger partial charge in [0.1, 0.15) is 0 Å². The summed E-state index contributed by atoms with van der Waals surface area (Å²) in [5.41, 5.74) is 3.68. The summed E-state index contributed by atoms with van der Waals surface area (Å²) in [5, 5.41) is 0.593. The second-order valence-corrected chi connectivity index (χ2v) is 3.80. The predicted octanol–water partition coefficient (Wildman–Crippen LogP) is 3.75. The second kappa shape index (κ2) is 5.46. The summed E-state index contributed by atoms with van der Waals surface area (Å²) < 4.78 is 5.17. The van der Waals surface area contributed by atoms with E-state index in [0.29, 0.717) is 16.5 Å². The quantitative estimate of drug-likeness (QED) is 0.837. The van der Waals surface area contributed by atoms with Crippen LogP contribution in [-0.2, 0) is 0 Å². The van der Waals surface area contributed by atoms with E-state index in [0.717, 1.165) is 5.69 Å². The Balaban J connectivity index is 2.11. The van der Waals surface area contributed by atoms with Crippen LogP contribution in [0.5, 0.6) is 11.5 Å². The Kier molecular flexibility index (Phi) is 3.73. The minimum atomic E-state index is 0.545. The van der Waals surface area contributed by atoms with Gasteiger partial charge in [-0.1, -0.05) is 29.8 Å². The van der Waals surface area contributed by atoms with Crippen LogP contribution < -0.4 is 15.1 Å². The first-order valence-corrected chi connectivity index (χ1v) is 5.49. The van der Waals surface area contributed by atoms with Gasteiger partial charge in [-0.15, -0.1) is 0 Å². The molecule has 0 unspecified atom stereocenters. The van der Waals surface area contributed by atoms with Crippen LogP contribution in [0.2, 0.25) is 5.02 Å². The minimum absolute atomic E-state index is 0.545. The number of methoxy groups -OCH3 is 1. The van der Waals surface area contributed by atoms with Gasteiger partial charge in [0, 0.05) is 11.1 Å². The SMILES string of the molecule is COc1ccc(Cl)cc1ONc1ccccc1. The zero-order chi connectivity index (χ0) is 12.1. The fourth-order valence-corrected chi connectivity index (χ4v) is 1.51. The highest BCUT2D eigenvalue weighted by atomic mass is 35.5. The van der Waals surface area contributed by atoms with Gasteiger partial charge in [0.2, 0.25) is 0 Å². The van der Waals surface area contributed by atoms with Crippen LogP contribution in [0.1, 0.15) is 0 Å². The third-order valence-electron chi connectivity index (χ3n) is 2.18. The van der Waals surface area contributed by atoms with Crippen LogP contribution >= 0.6 is 11.6 Å². The summed E-state index contributed by atoms with van der Waals surface area (Å²) in [6.45, 7) is 0. The molecule has 0 amide bonds. The van der Waals surface area contributed by atoms with Crippen molar-refractivity contribution in [1.29, 1.82) is 0 Å². The van der Waals surface area contributed by atoms with E-state index in [9.17, 15) is 0 Å². The molecule has 17 heavy (non-hydrogen) atoms. The summed E-state index contributed by atoms with van der Waals surface area (Å²) in [5.74, 6) is 1.17. The molecule has 2 rings (SSSR count). The number of benzene rings is 2. The molecule has 0 saturated heterocycles. The Bertz CT molecular complexity index is 488. The molecule has 2 aromatic rings. The van der Waals surface area contributed by atoms with Crippen LogP contribution in [0.15, 0.2) is 48.5 Å². The summed E-state index contributed by atoms with van der Waals surface area (Å²) >= 11 is 5.89. The molecule has 0 aromatic heterocycles. The van der Waals surface area contributed by atoms with E-state index in [1.165, 1.54) is 0 Å². The molecule has 4 heteroatoms. The Morgan fingerprint density at radius 1 is 1.00 bits per heavy atom. The van der Waals surface area contributed by atoms with Crippen molar-refractivity contribution in [2.45, 2.75) is 0 Å². The summed E-state index contributed by atoms with van der Waals surface area (Å²) in [6.07, 6.45) is 0. The van der Waals surface area contributed by atoms with Crippen LogP contribution in [0.4, 0.5) is 5.69 Å². The third kappa shape index (κ3) is 3.04. The van der Waals surface area contributed by atoms with Gasteiger partial charge in [-0.25, -0.2) is 5.48 Å². The first-order valence-electron chi connectivity index (χ1n) is 5.11. The van der Waals surface area contributed by atoms with Crippen molar-refractivity contribution >= 4 is 17.3 Å². The van der Waals surface area contributed by atoms with Gasteiger partial charge in [0.15, 0.2) is 11.5 Å². The molecule has 2 aromatic carbocycles. The number of hydrogen-bond acceptors (Lipinski definition) is 3. The molecule has 0 spiro atoms. The second-order valence-electron chi connectivity index (χ2n) is 3.37. The fourth-order valence-electron chi connectivity index (χ4n) is 1.35. The third-order valence-corrected chi connectivity index (χ3v) is 2.41. The highest BCUT2D eigenvalue weighted by molar-refractivity contribution is 6.30. The van der Waals surface area contributed by atoms with E-state index >= 15 is 0 Å². The largest absolute Gasteiger partial charge is 0.493 e. The predicted molar refractivity (Wildman–Crippen MR) is 68.7 cm³/mol. The molecule has 0 radical (unpaired) electrons. The number of anilines is 1. The maximum atomic E-state index is 5.89. The molecule has 0 aliphatic heterocycles. The Labute approximate surface area is 105 Å². The van der Waals surface area contributed by atoms with Crippen molar-refractivity contribution in [1.82, 2.24) is 0 Å². The summed E-state index contributed by atoms with van der Waals surface area (Å²) in [4.78, 5) is 5.44. The van der Waals surface area contributed by atoms with E-state index in [-0.39, 0.29) is 0 Å². The maximum Gasteiger partial charge on any atom is 0.198 e. The zero-order valence-corrected chi connectivity index (χ0v) is 10.1. The first-order chi connectivity index (χ1) is 8.29. The Hall–Kier alpha value is -1.87. The molecular weight excluding hydrogens is 238 g/mol. The van der Waals surface area contributed by atoms with E-state index in [4.69, 9.17) is 21.2 Å². The number of rotatable bonds is 4. The van der Waals surface area contributed by atoms with E-state index in [1.54, 1.807) is 25.3 Å². The normalized spacial score (nSPS) is 9.76. The number of hydrogen-bond donors (Lipinski definition) is 1. The molecule has 0 heterocycles. The van der Waals surface area contributed by atoms with Gasteiger partial charge in [0.25, 0.3) is 0 Å². The molecule has 1 N–H and O–H groups in total. The topological polar surface area (TPSA) is 30.5 Å². The lowest BCUT2D eigenvalue weighted by Gasteiger charge is -2.11. The lowest BCUT2D eigenvalue weighted by Crippen LogP contribution is -2.05. The van der Waals surface area contributed by atoms with Crippen molar-refractivity contribution < 1.29 is 9.57 Å². The molecule has 0 atom stereocenters. The smallest absolute Gasteiger partial charge is 0.198 e. The Morgan fingerprint density at radius 2 is 1.76 bits per heavy atom.